The van der Waals surface area contributed by atoms with E-state index in [4.69, 9.17) is 10.8 Å². The Balaban J connectivity index is 2.68. The van der Waals surface area contributed by atoms with Gasteiger partial charge in [0, 0.05) is 24.2 Å². The molecular weight excluding hydrogens is 236 g/mol. The first-order valence-electron chi connectivity index (χ1n) is 4.40. The fraction of sp³-hybridized carbons (Fsp3) is 0.500. The topological polar surface area (TPSA) is 92.4 Å². The van der Waals surface area contributed by atoms with Crippen LogP contribution in [0, 0.1) is 5.92 Å². The largest absolute Gasteiger partial charge is 0.398 e. The van der Waals surface area contributed by atoms with Gasteiger partial charge in [-0.25, -0.2) is 13.1 Å². The molecule has 0 fully saturated rings. The molecule has 7 heteroatoms. The number of nitrogens with one attached hydrogen (secondary N) is 1. The van der Waals surface area contributed by atoms with Crippen LogP contribution in [0.25, 0.3) is 0 Å². The fourth-order valence-corrected chi connectivity index (χ4v) is 3.15. The van der Waals surface area contributed by atoms with E-state index in [9.17, 15) is 8.42 Å². The lowest BCUT2D eigenvalue weighted by molar-refractivity contribution is 0.238. The molecule has 1 heterocycles. The van der Waals surface area contributed by atoms with E-state index in [0.717, 1.165) is 11.3 Å². The third-order valence-corrected chi connectivity index (χ3v) is 4.68. The van der Waals surface area contributed by atoms with Gasteiger partial charge in [0.25, 0.3) is 0 Å². The first-order chi connectivity index (χ1) is 6.95. The summed E-state index contributed by atoms with van der Waals surface area (Å²) in [6.45, 7) is 1.93. The average Bonchev–Trinajstić information content (AvgIpc) is 2.62. The zero-order valence-corrected chi connectivity index (χ0v) is 9.94. The van der Waals surface area contributed by atoms with Gasteiger partial charge in [-0.3, -0.25) is 0 Å². The molecule has 0 amide bonds. The minimum atomic E-state index is -3.47. The number of aliphatic hydroxyl groups excluding tert-OH is 1. The Morgan fingerprint density at radius 2 is 2.33 bits per heavy atom. The molecule has 15 heavy (non-hydrogen) atoms. The summed E-state index contributed by atoms with van der Waals surface area (Å²) >= 11 is 1.08. The second-order valence-electron chi connectivity index (χ2n) is 3.34. The summed E-state index contributed by atoms with van der Waals surface area (Å²) in [5, 5.41) is 10.3. The molecule has 0 saturated carbocycles. The molecule has 0 saturated heterocycles. The van der Waals surface area contributed by atoms with Gasteiger partial charge in [0.15, 0.2) is 0 Å². The number of thiophene rings is 1. The van der Waals surface area contributed by atoms with Gasteiger partial charge in [0.05, 0.1) is 0 Å². The van der Waals surface area contributed by atoms with Crippen molar-refractivity contribution in [3.8, 4) is 0 Å². The maximum Gasteiger partial charge on any atom is 0.250 e. The van der Waals surface area contributed by atoms with E-state index >= 15 is 0 Å². The highest BCUT2D eigenvalue weighted by Crippen LogP contribution is 2.21. The minimum absolute atomic E-state index is 0.0465. The molecular formula is C8H14N2O3S2. The van der Waals surface area contributed by atoms with Crippen molar-refractivity contribution < 1.29 is 13.5 Å². The molecule has 0 radical (unpaired) electrons. The number of nitrogen functional groups attached to an aromatic ring is 1. The monoisotopic (exact) mass is 250 g/mol. The molecule has 1 aromatic heterocycles. The third kappa shape index (κ3) is 3.45. The highest BCUT2D eigenvalue weighted by atomic mass is 32.2. The summed E-state index contributed by atoms with van der Waals surface area (Å²) in [6.07, 6.45) is 0. The van der Waals surface area contributed by atoms with Crippen LogP contribution in [0.4, 0.5) is 5.69 Å². The van der Waals surface area contributed by atoms with Crippen LogP contribution in [0.2, 0.25) is 0 Å². The lowest BCUT2D eigenvalue weighted by atomic mass is 10.2. The van der Waals surface area contributed by atoms with Crippen molar-refractivity contribution in [3.63, 3.8) is 0 Å². The van der Waals surface area contributed by atoms with Crippen LogP contribution in [0.1, 0.15) is 6.92 Å². The van der Waals surface area contributed by atoms with Crippen LogP contribution in [-0.2, 0) is 10.0 Å². The number of hydrogen-bond donors (Lipinski definition) is 3. The highest BCUT2D eigenvalue weighted by Gasteiger charge is 2.16. The molecule has 1 aromatic rings. The molecule has 1 atom stereocenters. The zero-order chi connectivity index (χ0) is 11.5. The van der Waals surface area contributed by atoms with E-state index in [1.165, 1.54) is 6.07 Å². The molecule has 0 bridgehead atoms. The maximum atomic E-state index is 11.6. The standard InChI is InChI=1S/C8H14N2O3S2/c1-6(4-11)3-10-15(12,13)8-2-7(9)5-14-8/h2,5-6,10-11H,3-4,9H2,1H3. The third-order valence-electron chi connectivity index (χ3n) is 1.79. The maximum absolute atomic E-state index is 11.6. The van der Waals surface area contributed by atoms with Gasteiger partial charge in [-0.05, 0) is 12.0 Å². The summed E-state index contributed by atoms with van der Waals surface area (Å²) in [5.41, 5.74) is 5.88. The van der Waals surface area contributed by atoms with Crippen LogP contribution in [0.3, 0.4) is 0 Å². The molecule has 1 unspecified atom stereocenters. The Kier molecular flexibility index (Phi) is 4.09. The first kappa shape index (κ1) is 12.4. The van der Waals surface area contributed by atoms with Gasteiger partial charge >= 0.3 is 0 Å². The van der Waals surface area contributed by atoms with E-state index in [0.29, 0.717) is 5.69 Å². The van der Waals surface area contributed by atoms with Gasteiger partial charge in [-0.2, -0.15) is 0 Å². The van der Waals surface area contributed by atoms with Crippen molar-refractivity contribution in [2.45, 2.75) is 11.1 Å². The van der Waals surface area contributed by atoms with Crippen molar-refractivity contribution in [2.24, 2.45) is 5.92 Å². The van der Waals surface area contributed by atoms with Crippen molar-refractivity contribution in [1.29, 1.82) is 0 Å². The van der Waals surface area contributed by atoms with Crippen LogP contribution in [0.5, 0.6) is 0 Å². The molecule has 0 aromatic carbocycles. The Morgan fingerprint density at radius 3 is 2.80 bits per heavy atom. The number of hydrogen-bond acceptors (Lipinski definition) is 5. The van der Waals surface area contributed by atoms with Crippen LogP contribution >= 0.6 is 11.3 Å². The molecule has 4 N–H and O–H groups in total. The van der Waals surface area contributed by atoms with Crippen LogP contribution in [-0.4, -0.2) is 26.7 Å². The number of aliphatic hydroxyl groups is 1. The van der Waals surface area contributed by atoms with Gasteiger partial charge < -0.3 is 10.8 Å². The SMILES string of the molecule is CC(CO)CNS(=O)(=O)c1cc(N)cs1. The predicted octanol–water partition coefficient (Wildman–Crippen LogP) is 0.237. The van der Waals surface area contributed by atoms with E-state index in [-0.39, 0.29) is 23.3 Å². The summed E-state index contributed by atoms with van der Waals surface area (Å²) in [7, 11) is -3.47. The quantitative estimate of drug-likeness (QED) is 0.698. The average molecular weight is 250 g/mol. The molecule has 0 aliphatic carbocycles. The molecule has 0 aliphatic heterocycles. The van der Waals surface area contributed by atoms with Gasteiger partial charge in [-0.15, -0.1) is 11.3 Å². The second kappa shape index (κ2) is 4.93. The fourth-order valence-electron chi connectivity index (χ4n) is 0.859. The minimum Gasteiger partial charge on any atom is -0.398 e. The number of anilines is 1. The highest BCUT2D eigenvalue weighted by molar-refractivity contribution is 7.91. The normalized spacial score (nSPS) is 14.0. The van der Waals surface area contributed by atoms with E-state index < -0.39 is 10.0 Å². The molecule has 0 spiro atoms. The Bertz CT molecular complexity index is 413. The lowest BCUT2D eigenvalue weighted by Gasteiger charge is -2.08. The summed E-state index contributed by atoms with van der Waals surface area (Å²) in [5.74, 6) is -0.0999. The number of rotatable bonds is 5. The molecule has 1 rings (SSSR count). The summed E-state index contributed by atoms with van der Waals surface area (Å²) in [4.78, 5) is 0. The van der Waals surface area contributed by atoms with Gasteiger partial charge in [-0.1, -0.05) is 6.92 Å². The van der Waals surface area contributed by atoms with Crippen molar-refractivity contribution >= 4 is 27.0 Å². The molecule has 0 aliphatic rings. The van der Waals surface area contributed by atoms with Gasteiger partial charge in [0.2, 0.25) is 10.0 Å². The van der Waals surface area contributed by atoms with E-state index in [1.807, 2.05) is 0 Å². The van der Waals surface area contributed by atoms with Crippen molar-refractivity contribution in [2.75, 3.05) is 18.9 Å². The lowest BCUT2D eigenvalue weighted by Crippen LogP contribution is -2.29. The Hall–Kier alpha value is -0.630. The van der Waals surface area contributed by atoms with E-state index in [2.05, 4.69) is 4.72 Å². The van der Waals surface area contributed by atoms with Gasteiger partial charge in [0.1, 0.15) is 4.21 Å². The molecule has 86 valence electrons. The Morgan fingerprint density at radius 1 is 1.67 bits per heavy atom. The van der Waals surface area contributed by atoms with Crippen LogP contribution < -0.4 is 10.5 Å². The van der Waals surface area contributed by atoms with Crippen LogP contribution in [0.15, 0.2) is 15.7 Å². The first-order valence-corrected chi connectivity index (χ1v) is 6.76. The predicted molar refractivity (Wildman–Crippen MR) is 60.2 cm³/mol. The number of nitrogens with two attached hydrogens (primary N) is 1. The second-order valence-corrected chi connectivity index (χ2v) is 6.24. The van der Waals surface area contributed by atoms with E-state index in [1.54, 1.807) is 12.3 Å². The van der Waals surface area contributed by atoms with Crippen molar-refractivity contribution in [3.05, 3.63) is 11.4 Å². The zero-order valence-electron chi connectivity index (χ0n) is 8.30. The Labute approximate surface area is 93.0 Å². The van der Waals surface area contributed by atoms with Crippen molar-refractivity contribution in [1.82, 2.24) is 4.72 Å². The summed E-state index contributed by atoms with van der Waals surface area (Å²) in [6, 6.07) is 1.41. The molecule has 5 nitrogen and oxygen atoms in total. The number of sulfonamides is 1. The smallest absolute Gasteiger partial charge is 0.250 e. The summed E-state index contributed by atoms with van der Waals surface area (Å²) < 4.78 is 25.9.